The van der Waals surface area contributed by atoms with Crippen LogP contribution in [0.15, 0.2) is 0 Å². The van der Waals surface area contributed by atoms with Crippen LogP contribution in [0.1, 0.15) is 6.42 Å². The molecule has 0 rings (SSSR count). The maximum absolute atomic E-state index is 10.4. The molecule has 0 aromatic rings. The third-order valence-electron chi connectivity index (χ3n) is 1.67. The molecule has 0 bridgehead atoms. The summed E-state index contributed by atoms with van der Waals surface area (Å²) in [6.07, 6.45) is 0.782. The van der Waals surface area contributed by atoms with Gasteiger partial charge in [-0.25, -0.2) is 0 Å². The van der Waals surface area contributed by atoms with E-state index in [-0.39, 0.29) is 26.1 Å². The van der Waals surface area contributed by atoms with Gasteiger partial charge in [0, 0.05) is 6.54 Å². The van der Waals surface area contributed by atoms with Crippen molar-refractivity contribution >= 4 is 18.2 Å². The van der Waals surface area contributed by atoms with Crippen molar-refractivity contribution < 1.29 is 24.6 Å². The second-order valence-corrected chi connectivity index (χ2v) is 3.09. The lowest BCUT2D eigenvalue weighted by Crippen LogP contribution is -2.38. The van der Waals surface area contributed by atoms with Crippen LogP contribution in [0.25, 0.3) is 0 Å². The number of carbonyl (C=O) groups excluding carboxylic acids is 1. The zero-order valence-corrected chi connectivity index (χ0v) is 8.13. The van der Waals surface area contributed by atoms with Crippen molar-refractivity contribution in [1.29, 1.82) is 0 Å². The van der Waals surface area contributed by atoms with Crippen LogP contribution in [0, 0.1) is 0 Å². The monoisotopic (exact) mass is 218 g/mol. The standard InChI is InChI=1S/C8H14N2O5/c9-6(5-11)1-2-10(3-7(12)13)4-8(14)15/h5-6H,1-4,9H2,(H,12,13)(H,14,15)/t6-/m0/s1. The molecule has 0 unspecified atom stereocenters. The van der Waals surface area contributed by atoms with E-state index in [2.05, 4.69) is 0 Å². The Kier molecular flexibility index (Phi) is 6.23. The van der Waals surface area contributed by atoms with Gasteiger partial charge in [-0.05, 0) is 6.42 Å². The molecule has 4 N–H and O–H groups in total. The molecule has 86 valence electrons. The molecule has 0 amide bonds. The Hall–Kier alpha value is -1.47. The van der Waals surface area contributed by atoms with Crippen molar-refractivity contribution in [3.63, 3.8) is 0 Å². The Labute approximate surface area is 86.5 Å². The van der Waals surface area contributed by atoms with E-state index in [0.29, 0.717) is 6.29 Å². The highest BCUT2D eigenvalue weighted by atomic mass is 16.4. The number of hydrogen-bond donors (Lipinski definition) is 3. The zero-order chi connectivity index (χ0) is 11.8. The molecule has 0 radical (unpaired) electrons. The van der Waals surface area contributed by atoms with Gasteiger partial charge in [-0.1, -0.05) is 0 Å². The van der Waals surface area contributed by atoms with Gasteiger partial charge in [0.05, 0.1) is 19.1 Å². The molecule has 0 aliphatic heterocycles. The number of nitrogens with zero attached hydrogens (tertiary/aromatic N) is 1. The van der Waals surface area contributed by atoms with Crippen LogP contribution in [-0.4, -0.2) is 59.0 Å². The normalized spacial score (nSPS) is 12.4. The van der Waals surface area contributed by atoms with Crippen molar-refractivity contribution in [2.24, 2.45) is 5.73 Å². The predicted octanol–water partition coefficient (Wildman–Crippen LogP) is -1.63. The fourth-order valence-corrected chi connectivity index (χ4v) is 0.996. The molecule has 0 aromatic carbocycles. The van der Waals surface area contributed by atoms with E-state index in [1.165, 1.54) is 4.90 Å². The molecule has 0 aromatic heterocycles. The largest absolute Gasteiger partial charge is 0.480 e. The summed E-state index contributed by atoms with van der Waals surface area (Å²) in [7, 11) is 0. The lowest BCUT2D eigenvalue weighted by atomic mass is 10.2. The van der Waals surface area contributed by atoms with Gasteiger partial charge >= 0.3 is 11.9 Å². The second kappa shape index (κ2) is 6.91. The van der Waals surface area contributed by atoms with Crippen LogP contribution in [0.3, 0.4) is 0 Å². The van der Waals surface area contributed by atoms with E-state index >= 15 is 0 Å². The van der Waals surface area contributed by atoms with Gasteiger partial charge in [0.15, 0.2) is 0 Å². The minimum atomic E-state index is -1.11. The minimum Gasteiger partial charge on any atom is -0.480 e. The van der Waals surface area contributed by atoms with Crippen molar-refractivity contribution in [2.45, 2.75) is 12.5 Å². The van der Waals surface area contributed by atoms with Crippen LogP contribution in [-0.2, 0) is 14.4 Å². The van der Waals surface area contributed by atoms with Crippen LogP contribution in [0.4, 0.5) is 0 Å². The first-order valence-corrected chi connectivity index (χ1v) is 4.32. The fraction of sp³-hybridized carbons (Fsp3) is 0.625. The molecule has 0 heterocycles. The maximum Gasteiger partial charge on any atom is 0.317 e. The molecule has 0 aliphatic carbocycles. The molecular weight excluding hydrogens is 204 g/mol. The molecule has 7 nitrogen and oxygen atoms in total. The molecule has 15 heavy (non-hydrogen) atoms. The van der Waals surface area contributed by atoms with E-state index in [1.54, 1.807) is 0 Å². The van der Waals surface area contributed by atoms with Gasteiger partial charge in [0.1, 0.15) is 6.29 Å². The van der Waals surface area contributed by atoms with Crippen LogP contribution in [0.2, 0.25) is 0 Å². The van der Waals surface area contributed by atoms with Crippen LogP contribution in [0.5, 0.6) is 0 Å². The summed E-state index contributed by atoms with van der Waals surface area (Å²) in [6.45, 7) is -0.589. The van der Waals surface area contributed by atoms with Gasteiger partial charge in [0.2, 0.25) is 0 Å². The molecule has 7 heteroatoms. The molecule has 1 atom stereocenters. The highest BCUT2D eigenvalue weighted by Crippen LogP contribution is 1.93. The van der Waals surface area contributed by atoms with Crippen molar-refractivity contribution in [3.05, 3.63) is 0 Å². The lowest BCUT2D eigenvalue weighted by Gasteiger charge is -2.18. The summed E-state index contributed by atoms with van der Waals surface area (Å²) < 4.78 is 0. The van der Waals surface area contributed by atoms with Crippen LogP contribution >= 0.6 is 0 Å². The Morgan fingerprint density at radius 3 is 2.07 bits per heavy atom. The first-order valence-electron chi connectivity index (χ1n) is 4.32. The van der Waals surface area contributed by atoms with Gasteiger partial charge < -0.3 is 20.7 Å². The number of aliphatic carboxylic acids is 2. The summed E-state index contributed by atoms with van der Waals surface area (Å²) >= 11 is 0. The first kappa shape index (κ1) is 13.5. The average molecular weight is 218 g/mol. The number of nitrogens with two attached hydrogens (primary N) is 1. The topological polar surface area (TPSA) is 121 Å². The van der Waals surface area contributed by atoms with E-state index in [4.69, 9.17) is 15.9 Å². The van der Waals surface area contributed by atoms with Gasteiger partial charge in [-0.15, -0.1) is 0 Å². The third kappa shape index (κ3) is 7.59. The highest BCUT2D eigenvalue weighted by Gasteiger charge is 2.14. The average Bonchev–Trinajstić information content (AvgIpc) is 2.11. The highest BCUT2D eigenvalue weighted by molar-refractivity contribution is 5.72. The Morgan fingerprint density at radius 2 is 1.73 bits per heavy atom. The van der Waals surface area contributed by atoms with Gasteiger partial charge in [-0.2, -0.15) is 0 Å². The lowest BCUT2D eigenvalue weighted by molar-refractivity contribution is -0.141. The number of carboxylic acid groups (broad SMARTS) is 2. The SMILES string of the molecule is N[C@H](C=O)CCN(CC(=O)O)CC(=O)O. The number of aldehydes is 1. The molecule has 0 saturated carbocycles. The quantitative estimate of drug-likeness (QED) is 0.418. The summed E-state index contributed by atoms with van der Waals surface area (Å²) in [6, 6.07) is -0.685. The first-order chi connectivity index (χ1) is 6.95. The van der Waals surface area contributed by atoms with Gasteiger partial charge in [0.25, 0.3) is 0 Å². The number of hydrogen-bond acceptors (Lipinski definition) is 5. The second-order valence-electron chi connectivity index (χ2n) is 3.09. The molecule has 0 saturated heterocycles. The number of carbonyl (C=O) groups is 3. The smallest absolute Gasteiger partial charge is 0.317 e. The number of carboxylic acids is 2. The maximum atomic E-state index is 10.4. The Balaban J connectivity index is 4.05. The Morgan fingerprint density at radius 1 is 1.27 bits per heavy atom. The van der Waals surface area contributed by atoms with E-state index in [0.717, 1.165) is 0 Å². The summed E-state index contributed by atoms with van der Waals surface area (Å²) in [5.41, 5.74) is 5.29. The van der Waals surface area contributed by atoms with Crippen LogP contribution < -0.4 is 5.73 Å². The van der Waals surface area contributed by atoms with E-state index in [9.17, 15) is 14.4 Å². The molecular formula is C8H14N2O5. The van der Waals surface area contributed by atoms with E-state index in [1.807, 2.05) is 0 Å². The number of rotatable bonds is 8. The molecule has 0 fully saturated rings. The van der Waals surface area contributed by atoms with Crippen molar-refractivity contribution in [1.82, 2.24) is 4.90 Å². The van der Waals surface area contributed by atoms with Crippen molar-refractivity contribution in [2.75, 3.05) is 19.6 Å². The molecule has 0 aliphatic rings. The van der Waals surface area contributed by atoms with Gasteiger partial charge in [-0.3, -0.25) is 14.5 Å². The summed E-state index contributed by atoms with van der Waals surface area (Å²) in [5, 5.41) is 17.0. The van der Waals surface area contributed by atoms with E-state index < -0.39 is 18.0 Å². The fourth-order valence-electron chi connectivity index (χ4n) is 0.996. The minimum absolute atomic E-state index is 0.165. The summed E-state index contributed by atoms with van der Waals surface area (Å²) in [4.78, 5) is 32.1. The Bertz CT molecular complexity index is 227. The molecule has 0 spiro atoms. The zero-order valence-electron chi connectivity index (χ0n) is 8.13. The van der Waals surface area contributed by atoms with Crippen molar-refractivity contribution in [3.8, 4) is 0 Å². The third-order valence-corrected chi connectivity index (χ3v) is 1.67. The predicted molar refractivity (Wildman–Crippen MR) is 50.4 cm³/mol. The summed E-state index contributed by atoms with van der Waals surface area (Å²) in [5.74, 6) is -2.23.